The SMILES string of the molecule is Cc1cc(C(=O)Nc2cnn(C)c2)nc(C2CC2)n1. The van der Waals surface area contributed by atoms with Crippen molar-refractivity contribution in [3.05, 3.63) is 35.7 Å². The Morgan fingerprint density at radius 2 is 2.21 bits per heavy atom. The van der Waals surface area contributed by atoms with E-state index < -0.39 is 0 Å². The molecule has 1 N–H and O–H groups in total. The summed E-state index contributed by atoms with van der Waals surface area (Å²) < 4.78 is 1.64. The van der Waals surface area contributed by atoms with Crippen LogP contribution in [0, 0.1) is 6.92 Å². The average molecular weight is 257 g/mol. The molecule has 0 radical (unpaired) electrons. The molecular formula is C13H15N5O. The second-order valence-electron chi connectivity index (χ2n) is 4.88. The van der Waals surface area contributed by atoms with Gasteiger partial charge in [0.05, 0.1) is 11.9 Å². The normalized spacial score (nSPS) is 14.4. The standard InChI is InChI=1S/C13H15N5O/c1-8-5-11(17-12(15-8)9-3-4-9)13(19)16-10-6-14-18(2)7-10/h5-7,9H,3-4H2,1-2H3,(H,16,19). The minimum Gasteiger partial charge on any atom is -0.318 e. The molecule has 2 aromatic rings. The summed E-state index contributed by atoms with van der Waals surface area (Å²) in [6.07, 6.45) is 5.59. The molecule has 19 heavy (non-hydrogen) atoms. The molecule has 0 atom stereocenters. The number of aryl methyl sites for hydroxylation is 2. The molecule has 0 bridgehead atoms. The van der Waals surface area contributed by atoms with Crippen LogP contribution in [0.1, 0.15) is 40.8 Å². The first-order chi connectivity index (χ1) is 9.11. The number of hydrogen-bond donors (Lipinski definition) is 1. The predicted molar refractivity (Wildman–Crippen MR) is 69.9 cm³/mol. The zero-order valence-electron chi connectivity index (χ0n) is 10.9. The lowest BCUT2D eigenvalue weighted by Gasteiger charge is -2.05. The van der Waals surface area contributed by atoms with Crippen LogP contribution in [-0.2, 0) is 7.05 Å². The molecule has 2 aromatic heterocycles. The predicted octanol–water partition coefficient (Wildman–Crippen LogP) is 1.65. The first-order valence-corrected chi connectivity index (χ1v) is 6.27. The van der Waals surface area contributed by atoms with Gasteiger partial charge in [0.15, 0.2) is 0 Å². The lowest BCUT2D eigenvalue weighted by Crippen LogP contribution is -2.15. The van der Waals surface area contributed by atoms with Crippen molar-refractivity contribution in [3.8, 4) is 0 Å². The highest BCUT2D eigenvalue weighted by Gasteiger charge is 2.27. The fourth-order valence-corrected chi connectivity index (χ4v) is 1.91. The van der Waals surface area contributed by atoms with Gasteiger partial charge >= 0.3 is 0 Å². The van der Waals surface area contributed by atoms with Gasteiger partial charge in [-0.05, 0) is 25.8 Å². The van der Waals surface area contributed by atoms with Crippen LogP contribution in [0.2, 0.25) is 0 Å². The van der Waals surface area contributed by atoms with Gasteiger partial charge in [-0.1, -0.05) is 0 Å². The van der Waals surface area contributed by atoms with Gasteiger partial charge in [0, 0.05) is 24.9 Å². The third kappa shape index (κ3) is 2.62. The van der Waals surface area contributed by atoms with Gasteiger partial charge in [-0.3, -0.25) is 9.48 Å². The van der Waals surface area contributed by atoms with Crippen LogP contribution in [0.5, 0.6) is 0 Å². The van der Waals surface area contributed by atoms with Crippen molar-refractivity contribution < 1.29 is 4.79 Å². The molecule has 6 nitrogen and oxygen atoms in total. The number of nitrogens with zero attached hydrogens (tertiary/aromatic N) is 4. The zero-order chi connectivity index (χ0) is 13.4. The molecule has 0 unspecified atom stereocenters. The van der Waals surface area contributed by atoms with Crippen molar-refractivity contribution in [2.45, 2.75) is 25.7 Å². The smallest absolute Gasteiger partial charge is 0.274 e. The van der Waals surface area contributed by atoms with Crippen molar-refractivity contribution in [2.24, 2.45) is 7.05 Å². The third-order valence-electron chi connectivity index (χ3n) is 3.01. The summed E-state index contributed by atoms with van der Waals surface area (Å²) in [4.78, 5) is 20.9. The molecule has 1 aliphatic rings. The van der Waals surface area contributed by atoms with E-state index in [-0.39, 0.29) is 5.91 Å². The fraction of sp³-hybridized carbons (Fsp3) is 0.385. The highest BCUT2D eigenvalue weighted by molar-refractivity contribution is 6.02. The lowest BCUT2D eigenvalue weighted by atomic mass is 10.3. The second-order valence-corrected chi connectivity index (χ2v) is 4.88. The Balaban J connectivity index is 1.82. The van der Waals surface area contributed by atoms with Crippen LogP contribution in [0.15, 0.2) is 18.5 Å². The molecule has 0 aliphatic heterocycles. The van der Waals surface area contributed by atoms with E-state index in [2.05, 4.69) is 20.4 Å². The summed E-state index contributed by atoms with van der Waals surface area (Å²) in [5.74, 6) is 1.00. The Morgan fingerprint density at radius 1 is 1.42 bits per heavy atom. The van der Waals surface area contributed by atoms with Gasteiger partial charge in [-0.25, -0.2) is 9.97 Å². The molecule has 3 rings (SSSR count). The molecule has 6 heteroatoms. The molecule has 0 spiro atoms. The monoisotopic (exact) mass is 257 g/mol. The summed E-state index contributed by atoms with van der Waals surface area (Å²) in [5, 5.41) is 6.79. The number of anilines is 1. The third-order valence-corrected chi connectivity index (χ3v) is 3.01. The van der Waals surface area contributed by atoms with Crippen LogP contribution in [0.4, 0.5) is 5.69 Å². The highest BCUT2D eigenvalue weighted by Crippen LogP contribution is 2.38. The van der Waals surface area contributed by atoms with Crippen LogP contribution in [-0.4, -0.2) is 25.7 Å². The molecule has 1 aliphatic carbocycles. The number of aromatic nitrogens is 4. The van der Waals surface area contributed by atoms with Gasteiger partial charge in [0.2, 0.25) is 0 Å². The van der Waals surface area contributed by atoms with E-state index in [0.29, 0.717) is 17.3 Å². The van der Waals surface area contributed by atoms with E-state index in [9.17, 15) is 4.79 Å². The van der Waals surface area contributed by atoms with Gasteiger partial charge in [-0.2, -0.15) is 5.10 Å². The maximum Gasteiger partial charge on any atom is 0.274 e. The first-order valence-electron chi connectivity index (χ1n) is 6.27. The van der Waals surface area contributed by atoms with Crippen molar-refractivity contribution in [3.63, 3.8) is 0 Å². The Hall–Kier alpha value is -2.24. The maximum absolute atomic E-state index is 12.1. The van der Waals surface area contributed by atoms with E-state index in [0.717, 1.165) is 24.4 Å². The number of amides is 1. The number of rotatable bonds is 3. The molecule has 1 amide bonds. The Bertz CT molecular complexity index is 630. The molecule has 1 saturated carbocycles. The van der Waals surface area contributed by atoms with Crippen LogP contribution in [0.3, 0.4) is 0 Å². The van der Waals surface area contributed by atoms with Crippen molar-refractivity contribution in [2.75, 3.05) is 5.32 Å². The van der Waals surface area contributed by atoms with Crippen molar-refractivity contribution in [1.82, 2.24) is 19.7 Å². The van der Waals surface area contributed by atoms with Crippen LogP contribution in [0.25, 0.3) is 0 Å². The summed E-state index contributed by atoms with van der Waals surface area (Å²) >= 11 is 0. The van der Waals surface area contributed by atoms with Gasteiger partial charge in [0.1, 0.15) is 11.5 Å². The molecule has 0 aromatic carbocycles. The zero-order valence-corrected chi connectivity index (χ0v) is 10.9. The fourth-order valence-electron chi connectivity index (χ4n) is 1.91. The van der Waals surface area contributed by atoms with Gasteiger partial charge < -0.3 is 5.32 Å². The van der Waals surface area contributed by atoms with Crippen LogP contribution < -0.4 is 5.32 Å². The Labute approximate surface area is 110 Å². The summed E-state index contributed by atoms with van der Waals surface area (Å²) in [7, 11) is 1.80. The molecule has 0 saturated heterocycles. The Morgan fingerprint density at radius 3 is 2.84 bits per heavy atom. The minimum absolute atomic E-state index is 0.222. The van der Waals surface area contributed by atoms with E-state index in [1.54, 1.807) is 30.2 Å². The van der Waals surface area contributed by atoms with Gasteiger partial charge in [-0.15, -0.1) is 0 Å². The summed E-state index contributed by atoms with van der Waals surface area (Å²) in [6, 6.07) is 1.71. The van der Waals surface area contributed by atoms with E-state index in [4.69, 9.17) is 0 Å². The Kier molecular flexibility index (Phi) is 2.77. The van der Waals surface area contributed by atoms with E-state index in [1.165, 1.54) is 0 Å². The van der Waals surface area contributed by atoms with Gasteiger partial charge in [0.25, 0.3) is 5.91 Å². The number of hydrogen-bond acceptors (Lipinski definition) is 4. The molecule has 2 heterocycles. The topological polar surface area (TPSA) is 72.7 Å². The molecule has 1 fully saturated rings. The quantitative estimate of drug-likeness (QED) is 0.907. The second kappa shape index (κ2) is 4.46. The first kappa shape index (κ1) is 11.8. The number of carbonyl (C=O) groups excluding carboxylic acids is 1. The van der Waals surface area contributed by atoms with Crippen LogP contribution >= 0.6 is 0 Å². The van der Waals surface area contributed by atoms with E-state index in [1.807, 2.05) is 6.92 Å². The highest BCUT2D eigenvalue weighted by atomic mass is 16.1. The maximum atomic E-state index is 12.1. The van der Waals surface area contributed by atoms with Crippen molar-refractivity contribution in [1.29, 1.82) is 0 Å². The lowest BCUT2D eigenvalue weighted by molar-refractivity contribution is 0.102. The molecule has 98 valence electrons. The molecular weight excluding hydrogens is 242 g/mol. The van der Waals surface area contributed by atoms with Crippen molar-refractivity contribution >= 4 is 11.6 Å². The summed E-state index contributed by atoms with van der Waals surface area (Å²) in [5.41, 5.74) is 1.91. The van der Waals surface area contributed by atoms with E-state index >= 15 is 0 Å². The number of carbonyl (C=O) groups is 1. The summed E-state index contributed by atoms with van der Waals surface area (Å²) in [6.45, 7) is 1.88. The average Bonchev–Trinajstić information content (AvgIpc) is 3.13. The minimum atomic E-state index is -0.222. The number of nitrogens with one attached hydrogen (secondary N) is 1. The largest absolute Gasteiger partial charge is 0.318 e.